The molecule has 0 saturated heterocycles. The van der Waals surface area contributed by atoms with Crippen molar-refractivity contribution in [2.45, 2.75) is 51.5 Å². The lowest BCUT2D eigenvalue weighted by Crippen LogP contribution is -2.46. The molecule has 0 saturated carbocycles. The number of hydrogen-bond acceptors (Lipinski definition) is 4. The molecular weight excluding hydrogens is 226 g/mol. The maximum absolute atomic E-state index is 11.5. The fraction of sp³-hybridized carbons (Fsp3) is 1.00. The van der Waals surface area contributed by atoms with Gasteiger partial charge in [-0.2, -0.15) is 0 Å². The number of nitrogens with one attached hydrogen (secondary N) is 1. The Kier molecular flexibility index (Phi) is 7.19. The molecule has 0 bridgehead atoms. The summed E-state index contributed by atoms with van der Waals surface area (Å²) in [4.78, 5) is 0. The van der Waals surface area contributed by atoms with Gasteiger partial charge in [-0.15, -0.1) is 0 Å². The maximum atomic E-state index is 11.5. The quantitative estimate of drug-likeness (QED) is 0.704. The molecule has 0 aromatic heterocycles. The normalized spacial score (nSPS) is 16.4. The van der Waals surface area contributed by atoms with Crippen LogP contribution in [0.3, 0.4) is 0 Å². The molecule has 0 radical (unpaired) electrons. The molecule has 2 unspecified atom stereocenters. The second-order valence-corrected chi connectivity index (χ2v) is 6.88. The van der Waals surface area contributed by atoms with Crippen molar-refractivity contribution in [2.75, 3.05) is 19.4 Å². The van der Waals surface area contributed by atoms with Gasteiger partial charge in [-0.3, -0.25) is 0 Å². The van der Waals surface area contributed by atoms with Gasteiger partial charge in [0, 0.05) is 12.3 Å². The van der Waals surface area contributed by atoms with E-state index in [4.69, 9.17) is 4.74 Å². The Bertz CT molecular complexity index is 275. The van der Waals surface area contributed by atoms with Gasteiger partial charge >= 0.3 is 0 Å². The first-order valence-corrected chi connectivity index (χ1v) is 7.78. The number of hydrogen-bond donors (Lipinski definition) is 1. The van der Waals surface area contributed by atoms with Crippen molar-refractivity contribution in [3.8, 4) is 0 Å². The average molecular weight is 251 g/mol. The minimum Gasteiger partial charge on any atom is -0.377 e. The molecule has 0 aromatic carbocycles. The second-order valence-electron chi connectivity index (χ2n) is 4.48. The largest absolute Gasteiger partial charge is 0.377 e. The highest BCUT2D eigenvalue weighted by Crippen LogP contribution is 2.06. The van der Waals surface area contributed by atoms with Crippen LogP contribution in [0, 0.1) is 0 Å². The molecule has 0 heterocycles. The highest BCUT2D eigenvalue weighted by molar-refractivity contribution is 7.91. The molecule has 0 aliphatic heterocycles. The molecule has 5 heteroatoms. The molecule has 98 valence electrons. The summed E-state index contributed by atoms with van der Waals surface area (Å²) in [6.45, 7) is 8.92. The Morgan fingerprint density at radius 1 is 1.25 bits per heavy atom. The third kappa shape index (κ3) is 6.45. The van der Waals surface area contributed by atoms with Gasteiger partial charge in [0.25, 0.3) is 0 Å². The molecule has 0 rings (SSSR count). The second kappa shape index (κ2) is 7.25. The summed E-state index contributed by atoms with van der Waals surface area (Å²) in [5.74, 6) is 0. The molecule has 16 heavy (non-hydrogen) atoms. The topological polar surface area (TPSA) is 55.4 Å². The van der Waals surface area contributed by atoms with Gasteiger partial charge in [-0.1, -0.05) is 6.92 Å². The zero-order chi connectivity index (χ0) is 12.8. The van der Waals surface area contributed by atoms with Crippen LogP contribution in [0.4, 0.5) is 0 Å². The fourth-order valence-electron chi connectivity index (χ4n) is 1.28. The van der Waals surface area contributed by atoms with Crippen molar-refractivity contribution in [1.82, 2.24) is 5.32 Å². The predicted octanol–water partition coefficient (Wildman–Crippen LogP) is 1.21. The summed E-state index contributed by atoms with van der Waals surface area (Å²) in [5.41, 5.74) is 0. The van der Waals surface area contributed by atoms with Crippen LogP contribution in [-0.2, 0) is 14.6 Å². The SMILES string of the molecule is CCCNC(COC(C)C)C(C)S(C)(=O)=O. The molecule has 0 amide bonds. The van der Waals surface area contributed by atoms with Crippen LogP contribution < -0.4 is 5.32 Å². The molecule has 2 atom stereocenters. The summed E-state index contributed by atoms with van der Waals surface area (Å²) in [6, 6.07) is -0.127. The molecule has 0 fully saturated rings. The predicted molar refractivity (Wildman–Crippen MR) is 67.5 cm³/mol. The van der Waals surface area contributed by atoms with Crippen LogP contribution >= 0.6 is 0 Å². The van der Waals surface area contributed by atoms with Gasteiger partial charge in [0.05, 0.1) is 18.0 Å². The van der Waals surface area contributed by atoms with E-state index >= 15 is 0 Å². The van der Waals surface area contributed by atoms with E-state index in [2.05, 4.69) is 12.2 Å². The van der Waals surface area contributed by atoms with Gasteiger partial charge in [-0.25, -0.2) is 8.42 Å². The van der Waals surface area contributed by atoms with E-state index in [1.807, 2.05) is 13.8 Å². The molecule has 0 aliphatic carbocycles. The van der Waals surface area contributed by atoms with Gasteiger partial charge < -0.3 is 10.1 Å². The van der Waals surface area contributed by atoms with Crippen LogP contribution in [0.25, 0.3) is 0 Å². The van der Waals surface area contributed by atoms with E-state index < -0.39 is 15.1 Å². The molecule has 0 aromatic rings. The lowest BCUT2D eigenvalue weighted by Gasteiger charge is -2.24. The Balaban J connectivity index is 4.41. The zero-order valence-electron chi connectivity index (χ0n) is 11.0. The average Bonchev–Trinajstić information content (AvgIpc) is 2.15. The van der Waals surface area contributed by atoms with E-state index in [0.717, 1.165) is 13.0 Å². The first-order chi connectivity index (χ1) is 7.29. The first kappa shape index (κ1) is 15.9. The van der Waals surface area contributed by atoms with Crippen molar-refractivity contribution >= 4 is 9.84 Å². The lowest BCUT2D eigenvalue weighted by atomic mass is 10.2. The van der Waals surface area contributed by atoms with E-state index in [1.54, 1.807) is 6.92 Å². The van der Waals surface area contributed by atoms with Gasteiger partial charge in [0.2, 0.25) is 0 Å². The van der Waals surface area contributed by atoms with Gasteiger partial charge in [0.15, 0.2) is 9.84 Å². The van der Waals surface area contributed by atoms with E-state index in [-0.39, 0.29) is 12.1 Å². The monoisotopic (exact) mass is 251 g/mol. The summed E-state index contributed by atoms with van der Waals surface area (Å²) < 4.78 is 28.5. The Hall–Kier alpha value is -0.130. The van der Waals surface area contributed by atoms with Crippen molar-refractivity contribution < 1.29 is 13.2 Å². The van der Waals surface area contributed by atoms with Crippen molar-refractivity contribution in [3.05, 3.63) is 0 Å². The first-order valence-electron chi connectivity index (χ1n) is 5.82. The van der Waals surface area contributed by atoms with Gasteiger partial charge in [0.1, 0.15) is 0 Å². The minimum absolute atomic E-state index is 0.123. The molecule has 0 aliphatic rings. The summed E-state index contributed by atoms with van der Waals surface area (Å²) in [5, 5.41) is 2.81. The summed E-state index contributed by atoms with van der Waals surface area (Å²) in [6.07, 6.45) is 2.38. The van der Waals surface area contributed by atoms with E-state index in [1.165, 1.54) is 6.26 Å². The number of sulfone groups is 1. The minimum atomic E-state index is -3.02. The Morgan fingerprint density at radius 2 is 1.81 bits per heavy atom. The van der Waals surface area contributed by atoms with Crippen molar-refractivity contribution in [3.63, 3.8) is 0 Å². The third-order valence-corrected chi connectivity index (χ3v) is 4.19. The maximum Gasteiger partial charge on any atom is 0.151 e. The lowest BCUT2D eigenvalue weighted by molar-refractivity contribution is 0.0611. The highest BCUT2D eigenvalue weighted by atomic mass is 32.2. The molecular formula is C11H25NO3S. The smallest absolute Gasteiger partial charge is 0.151 e. The highest BCUT2D eigenvalue weighted by Gasteiger charge is 2.25. The number of ether oxygens (including phenoxy) is 1. The fourth-order valence-corrected chi connectivity index (χ4v) is 2.06. The van der Waals surface area contributed by atoms with Crippen molar-refractivity contribution in [2.24, 2.45) is 0 Å². The third-order valence-electron chi connectivity index (χ3n) is 2.51. The Labute approximate surface area is 99.7 Å². The van der Waals surface area contributed by atoms with Gasteiger partial charge in [-0.05, 0) is 33.7 Å². The number of rotatable bonds is 8. The Morgan fingerprint density at radius 3 is 2.19 bits per heavy atom. The van der Waals surface area contributed by atoms with Crippen LogP contribution in [0.5, 0.6) is 0 Å². The summed E-state index contributed by atoms with van der Waals surface area (Å²) in [7, 11) is -3.02. The molecule has 1 N–H and O–H groups in total. The summed E-state index contributed by atoms with van der Waals surface area (Å²) >= 11 is 0. The molecule has 4 nitrogen and oxygen atoms in total. The van der Waals surface area contributed by atoms with Crippen LogP contribution in [0.1, 0.15) is 34.1 Å². The van der Waals surface area contributed by atoms with E-state index in [9.17, 15) is 8.42 Å². The van der Waals surface area contributed by atoms with Crippen LogP contribution in [0.2, 0.25) is 0 Å². The zero-order valence-corrected chi connectivity index (χ0v) is 11.8. The van der Waals surface area contributed by atoms with E-state index in [0.29, 0.717) is 6.61 Å². The van der Waals surface area contributed by atoms with Crippen LogP contribution in [-0.4, -0.2) is 45.2 Å². The van der Waals surface area contributed by atoms with Crippen molar-refractivity contribution in [1.29, 1.82) is 0 Å². The standard InChI is InChI=1S/C11H25NO3S/c1-6-7-12-11(8-15-9(2)3)10(4)16(5,13)14/h9-12H,6-8H2,1-5H3. The van der Waals surface area contributed by atoms with Crippen LogP contribution in [0.15, 0.2) is 0 Å². The molecule has 0 spiro atoms.